The van der Waals surface area contributed by atoms with Gasteiger partial charge in [0.25, 0.3) is 0 Å². The molecular weight excluding hydrogens is 345 g/mol. The average Bonchev–Trinajstić information content (AvgIpc) is 2.95. The first-order valence-electron chi connectivity index (χ1n) is 7.94. The molecule has 0 unspecified atom stereocenters. The van der Waals surface area contributed by atoms with Crippen molar-refractivity contribution in [2.24, 2.45) is 5.73 Å². The van der Waals surface area contributed by atoms with E-state index in [1.165, 1.54) is 0 Å². The number of H-pyrrole nitrogens is 1. The number of fused-ring (bicyclic) bond motifs is 1. The molecule has 0 aliphatic rings. The molecule has 3 N–H and O–H groups in total. The first-order chi connectivity index (χ1) is 12.3. The standard InChI is InChI=1S/C19H17F3N2O2/c1-11-15-8-12(9-23)6-7-16(15)24-17(11)14-5-3-2-4-13(14)10-26-18(25)19(20,21)22/h2-8,24H,9-10,23H2,1H3. The quantitative estimate of drug-likeness (QED) is 0.683. The van der Waals surface area contributed by atoms with Crippen LogP contribution in [0.4, 0.5) is 13.2 Å². The Labute approximate surface area is 147 Å². The molecule has 26 heavy (non-hydrogen) atoms. The molecule has 2 aromatic carbocycles. The van der Waals surface area contributed by atoms with Crippen LogP contribution in [0.5, 0.6) is 0 Å². The molecule has 0 atom stereocenters. The molecule has 0 fully saturated rings. The highest BCUT2D eigenvalue weighted by atomic mass is 19.4. The smallest absolute Gasteiger partial charge is 0.454 e. The Morgan fingerprint density at radius 2 is 1.92 bits per heavy atom. The monoisotopic (exact) mass is 362 g/mol. The second kappa shape index (κ2) is 6.84. The van der Waals surface area contributed by atoms with E-state index < -0.39 is 18.8 Å². The molecule has 0 radical (unpaired) electrons. The van der Waals surface area contributed by atoms with Gasteiger partial charge in [-0.05, 0) is 35.7 Å². The van der Waals surface area contributed by atoms with Crippen LogP contribution in [-0.2, 0) is 22.7 Å². The predicted molar refractivity (Wildman–Crippen MR) is 92.2 cm³/mol. The lowest BCUT2D eigenvalue weighted by Crippen LogP contribution is -2.25. The lowest BCUT2D eigenvalue weighted by atomic mass is 10.0. The minimum absolute atomic E-state index is 0.417. The Morgan fingerprint density at radius 3 is 2.62 bits per heavy atom. The van der Waals surface area contributed by atoms with Crippen molar-refractivity contribution in [2.45, 2.75) is 26.3 Å². The number of aryl methyl sites for hydroxylation is 1. The van der Waals surface area contributed by atoms with Gasteiger partial charge in [0.05, 0.1) is 0 Å². The fraction of sp³-hybridized carbons (Fsp3) is 0.211. The molecule has 0 aliphatic carbocycles. The Hall–Kier alpha value is -2.80. The number of alkyl halides is 3. The zero-order valence-corrected chi connectivity index (χ0v) is 14.0. The molecule has 0 amide bonds. The molecule has 0 aliphatic heterocycles. The van der Waals surface area contributed by atoms with Crippen LogP contribution < -0.4 is 5.73 Å². The molecule has 0 bridgehead atoms. The Balaban J connectivity index is 1.99. The molecule has 3 aromatic rings. The number of carbonyl (C=O) groups is 1. The van der Waals surface area contributed by atoms with Gasteiger partial charge in [-0.15, -0.1) is 0 Å². The van der Waals surface area contributed by atoms with Crippen molar-refractivity contribution in [1.29, 1.82) is 0 Å². The van der Waals surface area contributed by atoms with E-state index in [1.807, 2.05) is 25.1 Å². The number of esters is 1. The van der Waals surface area contributed by atoms with E-state index in [1.54, 1.807) is 24.3 Å². The third-order valence-electron chi connectivity index (χ3n) is 4.24. The van der Waals surface area contributed by atoms with Crippen LogP contribution in [0.25, 0.3) is 22.2 Å². The molecule has 4 nitrogen and oxygen atoms in total. The van der Waals surface area contributed by atoms with E-state index >= 15 is 0 Å². The molecular formula is C19H17F3N2O2. The number of rotatable bonds is 4. The van der Waals surface area contributed by atoms with Crippen molar-refractivity contribution in [3.8, 4) is 11.3 Å². The molecule has 1 aromatic heterocycles. The molecule has 0 spiro atoms. The topological polar surface area (TPSA) is 68.1 Å². The second-order valence-corrected chi connectivity index (χ2v) is 5.94. The summed E-state index contributed by atoms with van der Waals surface area (Å²) in [5, 5.41) is 0.991. The Morgan fingerprint density at radius 1 is 1.19 bits per heavy atom. The highest BCUT2D eigenvalue weighted by Crippen LogP contribution is 2.32. The number of aromatic nitrogens is 1. The summed E-state index contributed by atoms with van der Waals surface area (Å²) in [4.78, 5) is 14.3. The van der Waals surface area contributed by atoms with Crippen molar-refractivity contribution in [2.75, 3.05) is 0 Å². The van der Waals surface area contributed by atoms with E-state index in [0.29, 0.717) is 17.7 Å². The number of benzene rings is 2. The van der Waals surface area contributed by atoms with E-state index in [0.717, 1.165) is 27.7 Å². The van der Waals surface area contributed by atoms with E-state index in [9.17, 15) is 18.0 Å². The average molecular weight is 362 g/mol. The van der Waals surface area contributed by atoms with Crippen molar-refractivity contribution >= 4 is 16.9 Å². The van der Waals surface area contributed by atoms with Crippen LogP contribution in [0, 0.1) is 6.92 Å². The summed E-state index contributed by atoms with van der Waals surface area (Å²) in [7, 11) is 0. The van der Waals surface area contributed by atoms with Gasteiger partial charge in [0, 0.05) is 28.7 Å². The van der Waals surface area contributed by atoms with Gasteiger partial charge in [-0.3, -0.25) is 0 Å². The van der Waals surface area contributed by atoms with Crippen LogP contribution in [0.1, 0.15) is 16.7 Å². The molecule has 7 heteroatoms. The highest BCUT2D eigenvalue weighted by Gasteiger charge is 2.41. The maximum absolute atomic E-state index is 12.4. The summed E-state index contributed by atoms with van der Waals surface area (Å²) in [6, 6.07) is 12.7. The molecule has 1 heterocycles. The number of ether oxygens (including phenoxy) is 1. The van der Waals surface area contributed by atoms with Gasteiger partial charge in [-0.1, -0.05) is 30.3 Å². The fourth-order valence-electron chi connectivity index (χ4n) is 2.89. The van der Waals surface area contributed by atoms with Crippen LogP contribution >= 0.6 is 0 Å². The van der Waals surface area contributed by atoms with E-state index in [-0.39, 0.29) is 0 Å². The minimum atomic E-state index is -5.01. The Bertz CT molecular complexity index is 961. The molecule has 3 rings (SSSR count). The highest BCUT2D eigenvalue weighted by molar-refractivity contribution is 5.91. The number of aromatic amines is 1. The van der Waals surface area contributed by atoms with E-state index in [4.69, 9.17) is 5.73 Å². The summed E-state index contributed by atoms with van der Waals surface area (Å²) in [5.74, 6) is -2.20. The number of hydrogen-bond donors (Lipinski definition) is 2. The second-order valence-electron chi connectivity index (χ2n) is 5.94. The summed E-state index contributed by atoms with van der Waals surface area (Å²) in [5.41, 5.74) is 10.5. The molecule has 0 saturated carbocycles. The largest absolute Gasteiger partial charge is 0.490 e. The van der Waals surface area contributed by atoms with Gasteiger partial charge < -0.3 is 15.5 Å². The molecule has 136 valence electrons. The lowest BCUT2D eigenvalue weighted by Gasteiger charge is -2.11. The van der Waals surface area contributed by atoms with Crippen molar-refractivity contribution in [3.63, 3.8) is 0 Å². The normalized spacial score (nSPS) is 11.7. The summed E-state index contributed by atoms with van der Waals surface area (Å²) >= 11 is 0. The van der Waals surface area contributed by atoms with Crippen LogP contribution in [-0.4, -0.2) is 17.1 Å². The van der Waals surface area contributed by atoms with Crippen LogP contribution in [0.3, 0.4) is 0 Å². The number of nitrogens with two attached hydrogens (primary N) is 1. The third-order valence-corrected chi connectivity index (χ3v) is 4.24. The summed E-state index contributed by atoms with van der Waals surface area (Å²) in [6.07, 6.45) is -5.01. The minimum Gasteiger partial charge on any atom is -0.454 e. The van der Waals surface area contributed by atoms with Crippen LogP contribution in [0.2, 0.25) is 0 Å². The van der Waals surface area contributed by atoms with Gasteiger partial charge in [0.15, 0.2) is 0 Å². The Kier molecular flexibility index (Phi) is 4.73. The summed E-state index contributed by atoms with van der Waals surface area (Å²) in [6.45, 7) is 1.88. The van der Waals surface area contributed by atoms with Gasteiger partial charge in [-0.25, -0.2) is 4.79 Å². The maximum atomic E-state index is 12.4. The fourth-order valence-corrected chi connectivity index (χ4v) is 2.89. The number of carbonyl (C=O) groups excluding carboxylic acids is 1. The first-order valence-corrected chi connectivity index (χ1v) is 7.94. The van der Waals surface area contributed by atoms with Gasteiger partial charge in [0.2, 0.25) is 0 Å². The lowest BCUT2D eigenvalue weighted by molar-refractivity contribution is -0.201. The number of hydrogen-bond acceptors (Lipinski definition) is 3. The third kappa shape index (κ3) is 3.43. The van der Waals surface area contributed by atoms with Gasteiger partial charge in [0.1, 0.15) is 6.61 Å². The van der Waals surface area contributed by atoms with Gasteiger partial charge in [-0.2, -0.15) is 13.2 Å². The zero-order valence-electron chi connectivity index (χ0n) is 14.0. The van der Waals surface area contributed by atoms with E-state index in [2.05, 4.69) is 9.72 Å². The maximum Gasteiger partial charge on any atom is 0.490 e. The SMILES string of the molecule is Cc1c(-c2ccccc2COC(=O)C(F)(F)F)[nH]c2ccc(CN)cc12. The number of halogens is 3. The summed E-state index contributed by atoms with van der Waals surface area (Å²) < 4.78 is 41.5. The zero-order chi connectivity index (χ0) is 18.9. The van der Waals surface area contributed by atoms with Gasteiger partial charge >= 0.3 is 12.1 Å². The van der Waals surface area contributed by atoms with Crippen molar-refractivity contribution in [3.05, 3.63) is 59.2 Å². The van der Waals surface area contributed by atoms with Crippen molar-refractivity contribution < 1.29 is 22.7 Å². The molecule has 0 saturated heterocycles. The number of nitrogens with one attached hydrogen (secondary N) is 1. The first kappa shape index (κ1) is 18.0. The predicted octanol–water partition coefficient (Wildman–Crippen LogP) is 4.21. The van der Waals surface area contributed by atoms with Crippen LogP contribution in [0.15, 0.2) is 42.5 Å². The van der Waals surface area contributed by atoms with Crippen molar-refractivity contribution in [1.82, 2.24) is 4.98 Å².